The van der Waals surface area contributed by atoms with Crippen LogP contribution < -0.4 is 0 Å². The number of carbonyl (C=O) groups excluding carboxylic acids is 1. The van der Waals surface area contributed by atoms with Crippen LogP contribution in [0.5, 0.6) is 0 Å². The van der Waals surface area contributed by atoms with Gasteiger partial charge in [0.05, 0.1) is 6.61 Å². The second-order valence-electron chi connectivity index (χ2n) is 3.75. The van der Waals surface area contributed by atoms with E-state index in [2.05, 4.69) is 4.90 Å². The van der Waals surface area contributed by atoms with Crippen LogP contribution >= 0.6 is 0 Å². The molecule has 0 atom stereocenters. The molecule has 1 fully saturated rings. The van der Waals surface area contributed by atoms with Crippen LogP contribution in [0.3, 0.4) is 0 Å². The number of hydrogen-bond acceptors (Lipinski definition) is 3. The van der Waals surface area contributed by atoms with Crippen LogP contribution in [-0.2, 0) is 4.79 Å². The maximum atomic E-state index is 11.0. The largest absolute Gasteiger partial charge is 0.395 e. The van der Waals surface area contributed by atoms with Gasteiger partial charge in [-0.25, -0.2) is 0 Å². The number of hydrogen-bond donors (Lipinski definition) is 1. The Kier molecular flexibility index (Phi) is 2.36. The van der Waals surface area contributed by atoms with Crippen LogP contribution in [0.15, 0.2) is 11.8 Å². The van der Waals surface area contributed by atoms with Gasteiger partial charge < -0.3 is 10.0 Å². The van der Waals surface area contributed by atoms with Crippen molar-refractivity contribution >= 4 is 5.78 Å². The second-order valence-corrected chi connectivity index (χ2v) is 3.75. The van der Waals surface area contributed by atoms with E-state index in [4.69, 9.17) is 5.11 Å². The van der Waals surface area contributed by atoms with Crippen molar-refractivity contribution in [3.63, 3.8) is 0 Å². The summed E-state index contributed by atoms with van der Waals surface area (Å²) in [6.45, 7) is 0.867. The first-order valence-corrected chi connectivity index (χ1v) is 4.92. The first-order chi connectivity index (χ1) is 6.31. The first-order valence-electron chi connectivity index (χ1n) is 4.92. The summed E-state index contributed by atoms with van der Waals surface area (Å²) in [6.07, 6.45) is 5.70. The zero-order valence-electron chi connectivity index (χ0n) is 7.70. The van der Waals surface area contributed by atoms with Gasteiger partial charge in [0.25, 0.3) is 0 Å². The third kappa shape index (κ3) is 1.91. The first kappa shape index (κ1) is 8.75. The van der Waals surface area contributed by atoms with Gasteiger partial charge in [0.1, 0.15) is 0 Å². The Bertz CT molecular complexity index is 243. The average molecular weight is 181 g/mol. The van der Waals surface area contributed by atoms with Gasteiger partial charge in [-0.15, -0.1) is 0 Å². The van der Waals surface area contributed by atoms with Crippen molar-refractivity contribution in [2.24, 2.45) is 0 Å². The molecule has 0 unspecified atom stereocenters. The number of allylic oxidation sites excluding steroid dienone is 2. The lowest BCUT2D eigenvalue weighted by Crippen LogP contribution is -2.27. The van der Waals surface area contributed by atoms with E-state index in [1.54, 1.807) is 6.08 Å². The van der Waals surface area contributed by atoms with Crippen LogP contribution in [-0.4, -0.2) is 35.0 Å². The van der Waals surface area contributed by atoms with Gasteiger partial charge in [-0.05, 0) is 19.3 Å². The summed E-state index contributed by atoms with van der Waals surface area (Å²) >= 11 is 0. The van der Waals surface area contributed by atoms with Crippen molar-refractivity contribution in [1.29, 1.82) is 0 Å². The summed E-state index contributed by atoms with van der Waals surface area (Å²) in [5, 5.41) is 8.89. The van der Waals surface area contributed by atoms with Crippen LogP contribution in [0, 0.1) is 0 Å². The molecule has 0 aromatic rings. The Hall–Kier alpha value is -0.830. The number of nitrogens with zero attached hydrogens (tertiary/aromatic N) is 1. The molecule has 1 saturated carbocycles. The van der Waals surface area contributed by atoms with E-state index >= 15 is 0 Å². The molecule has 3 nitrogen and oxygen atoms in total. The van der Waals surface area contributed by atoms with Crippen LogP contribution in [0.25, 0.3) is 0 Å². The van der Waals surface area contributed by atoms with Gasteiger partial charge in [0.2, 0.25) is 0 Å². The second kappa shape index (κ2) is 3.50. The number of aliphatic hydroxyl groups is 1. The zero-order chi connectivity index (χ0) is 9.26. The van der Waals surface area contributed by atoms with E-state index in [9.17, 15) is 4.79 Å². The molecule has 13 heavy (non-hydrogen) atoms. The van der Waals surface area contributed by atoms with Crippen molar-refractivity contribution in [1.82, 2.24) is 4.90 Å². The van der Waals surface area contributed by atoms with Gasteiger partial charge in [0.15, 0.2) is 5.78 Å². The Balaban J connectivity index is 2.01. The van der Waals surface area contributed by atoms with Crippen molar-refractivity contribution in [2.75, 3.05) is 13.2 Å². The molecule has 0 aromatic carbocycles. The molecule has 2 rings (SSSR count). The van der Waals surface area contributed by atoms with E-state index in [1.807, 2.05) is 0 Å². The molecule has 72 valence electrons. The highest BCUT2D eigenvalue weighted by molar-refractivity contribution is 5.92. The molecule has 0 spiro atoms. The molecule has 1 N–H and O–H groups in total. The van der Waals surface area contributed by atoms with Gasteiger partial charge in [-0.3, -0.25) is 4.79 Å². The van der Waals surface area contributed by atoms with E-state index in [0.29, 0.717) is 19.0 Å². The molecule has 2 aliphatic rings. The monoisotopic (exact) mass is 181 g/mol. The molecular formula is C10H15NO2. The maximum Gasteiger partial charge on any atom is 0.157 e. The summed E-state index contributed by atoms with van der Waals surface area (Å²) in [6, 6.07) is 0.601. The highest BCUT2D eigenvalue weighted by atomic mass is 16.3. The summed E-state index contributed by atoms with van der Waals surface area (Å²) in [5.74, 6) is 0.235. The van der Waals surface area contributed by atoms with E-state index in [1.165, 1.54) is 12.8 Å². The molecule has 0 amide bonds. The molecule has 0 aliphatic heterocycles. The van der Waals surface area contributed by atoms with Crippen LogP contribution in [0.4, 0.5) is 0 Å². The molecule has 0 saturated heterocycles. The van der Waals surface area contributed by atoms with Crippen molar-refractivity contribution in [3.05, 3.63) is 11.8 Å². The smallest absolute Gasteiger partial charge is 0.157 e. The third-order valence-corrected chi connectivity index (χ3v) is 2.65. The standard InChI is InChI=1S/C10H15NO2/c12-6-5-11(8-1-2-8)9-3-4-10(13)7-9/h7-8,12H,1-6H2. The number of carbonyl (C=O) groups is 1. The normalized spacial score (nSPS) is 21.9. The summed E-state index contributed by atoms with van der Waals surface area (Å²) in [5.41, 5.74) is 1.14. The van der Waals surface area contributed by atoms with E-state index < -0.39 is 0 Å². The highest BCUT2D eigenvalue weighted by Gasteiger charge is 2.31. The molecular weight excluding hydrogens is 166 g/mol. The molecule has 2 aliphatic carbocycles. The lowest BCUT2D eigenvalue weighted by Gasteiger charge is -2.24. The van der Waals surface area contributed by atoms with E-state index in [0.717, 1.165) is 12.1 Å². The quantitative estimate of drug-likeness (QED) is 0.693. The number of ketones is 1. The lowest BCUT2D eigenvalue weighted by atomic mass is 10.3. The molecule has 0 heterocycles. The lowest BCUT2D eigenvalue weighted by molar-refractivity contribution is -0.114. The Morgan fingerprint density at radius 1 is 1.46 bits per heavy atom. The fourth-order valence-corrected chi connectivity index (χ4v) is 1.86. The predicted octanol–water partition coefficient (Wildman–Crippen LogP) is 0.690. The van der Waals surface area contributed by atoms with Crippen molar-refractivity contribution in [2.45, 2.75) is 31.7 Å². The summed E-state index contributed by atoms with van der Waals surface area (Å²) < 4.78 is 0. The highest BCUT2D eigenvalue weighted by Crippen LogP contribution is 2.32. The van der Waals surface area contributed by atoms with E-state index in [-0.39, 0.29) is 12.4 Å². The van der Waals surface area contributed by atoms with Gasteiger partial charge in [-0.2, -0.15) is 0 Å². The fourth-order valence-electron chi connectivity index (χ4n) is 1.86. The summed E-state index contributed by atoms with van der Waals surface area (Å²) in [4.78, 5) is 13.2. The molecule has 3 heteroatoms. The fraction of sp³-hybridized carbons (Fsp3) is 0.700. The Morgan fingerprint density at radius 2 is 2.23 bits per heavy atom. The minimum absolute atomic E-state index is 0.183. The predicted molar refractivity (Wildman–Crippen MR) is 49.1 cm³/mol. The number of aliphatic hydroxyl groups excluding tert-OH is 1. The van der Waals surface area contributed by atoms with Crippen LogP contribution in [0.2, 0.25) is 0 Å². The topological polar surface area (TPSA) is 40.5 Å². The average Bonchev–Trinajstić information content (AvgIpc) is 2.85. The van der Waals surface area contributed by atoms with Crippen molar-refractivity contribution in [3.8, 4) is 0 Å². The minimum Gasteiger partial charge on any atom is -0.395 e. The van der Waals surface area contributed by atoms with Gasteiger partial charge in [0, 0.05) is 30.8 Å². The molecule has 0 radical (unpaired) electrons. The Morgan fingerprint density at radius 3 is 2.69 bits per heavy atom. The molecule has 0 bridgehead atoms. The minimum atomic E-state index is 0.183. The number of rotatable bonds is 4. The third-order valence-electron chi connectivity index (χ3n) is 2.65. The SMILES string of the molecule is O=C1C=C(N(CCO)C2CC2)CC1. The van der Waals surface area contributed by atoms with Gasteiger partial charge in [-0.1, -0.05) is 0 Å². The zero-order valence-corrected chi connectivity index (χ0v) is 7.70. The maximum absolute atomic E-state index is 11.0. The van der Waals surface area contributed by atoms with Crippen LogP contribution in [0.1, 0.15) is 25.7 Å². The molecule has 0 aromatic heterocycles. The Labute approximate surface area is 78.0 Å². The van der Waals surface area contributed by atoms with Gasteiger partial charge >= 0.3 is 0 Å². The summed E-state index contributed by atoms with van der Waals surface area (Å²) in [7, 11) is 0. The van der Waals surface area contributed by atoms with Crippen molar-refractivity contribution < 1.29 is 9.90 Å².